The van der Waals surface area contributed by atoms with Gasteiger partial charge in [0.1, 0.15) is 18.1 Å². The SMILES string of the molecule is COc1ccc(C(=O)[C@@H](C)OC(=O)[C@@H]2COc3ccc(Cl)cc3C2)cc1. The molecule has 0 aliphatic carbocycles. The first-order chi connectivity index (χ1) is 12.5. The third-order valence-electron chi connectivity index (χ3n) is 4.30. The second kappa shape index (κ2) is 7.79. The molecule has 0 unspecified atom stereocenters. The molecule has 1 heterocycles. The Kier molecular flexibility index (Phi) is 5.47. The summed E-state index contributed by atoms with van der Waals surface area (Å²) in [6.07, 6.45) is -0.408. The van der Waals surface area contributed by atoms with E-state index in [4.69, 9.17) is 25.8 Å². The van der Waals surface area contributed by atoms with Crippen LogP contribution in [0.5, 0.6) is 11.5 Å². The summed E-state index contributed by atoms with van der Waals surface area (Å²) in [7, 11) is 1.55. The highest BCUT2D eigenvalue weighted by atomic mass is 35.5. The van der Waals surface area contributed by atoms with Crippen molar-refractivity contribution in [1.29, 1.82) is 0 Å². The number of hydrogen-bond acceptors (Lipinski definition) is 5. The molecule has 0 aromatic heterocycles. The van der Waals surface area contributed by atoms with Crippen molar-refractivity contribution in [3.8, 4) is 11.5 Å². The molecule has 26 heavy (non-hydrogen) atoms. The molecule has 3 rings (SSSR count). The van der Waals surface area contributed by atoms with Gasteiger partial charge in [-0.05, 0) is 61.4 Å². The molecule has 0 radical (unpaired) electrons. The summed E-state index contributed by atoms with van der Waals surface area (Å²) in [5, 5.41) is 0.587. The summed E-state index contributed by atoms with van der Waals surface area (Å²) in [4.78, 5) is 24.9. The summed E-state index contributed by atoms with van der Waals surface area (Å²) in [6.45, 7) is 1.79. The van der Waals surface area contributed by atoms with Crippen molar-refractivity contribution in [2.75, 3.05) is 13.7 Å². The van der Waals surface area contributed by atoms with Gasteiger partial charge in [-0.2, -0.15) is 0 Å². The highest BCUT2D eigenvalue weighted by Gasteiger charge is 2.30. The van der Waals surface area contributed by atoms with Crippen molar-refractivity contribution >= 4 is 23.4 Å². The maximum absolute atomic E-state index is 12.4. The highest BCUT2D eigenvalue weighted by Crippen LogP contribution is 2.30. The lowest BCUT2D eigenvalue weighted by Gasteiger charge is -2.25. The third-order valence-corrected chi connectivity index (χ3v) is 4.53. The number of benzene rings is 2. The molecule has 0 spiro atoms. The van der Waals surface area contributed by atoms with E-state index in [0.717, 1.165) is 11.3 Å². The summed E-state index contributed by atoms with van der Waals surface area (Å²) in [5.74, 6) is 0.196. The lowest BCUT2D eigenvalue weighted by molar-refractivity contribution is -0.152. The molecule has 0 bridgehead atoms. The third kappa shape index (κ3) is 3.99. The first-order valence-electron chi connectivity index (χ1n) is 8.28. The number of Topliss-reactive ketones (excluding diaryl/α,β-unsaturated/α-hetero) is 1. The Hall–Kier alpha value is -2.53. The van der Waals surface area contributed by atoms with Crippen molar-refractivity contribution < 1.29 is 23.8 Å². The van der Waals surface area contributed by atoms with Crippen LogP contribution in [0.4, 0.5) is 0 Å². The highest BCUT2D eigenvalue weighted by molar-refractivity contribution is 6.30. The lowest BCUT2D eigenvalue weighted by atomic mass is 9.97. The molecule has 1 aliphatic heterocycles. The van der Waals surface area contributed by atoms with Gasteiger partial charge in [0, 0.05) is 10.6 Å². The molecule has 2 aromatic rings. The van der Waals surface area contributed by atoms with Crippen LogP contribution < -0.4 is 9.47 Å². The number of fused-ring (bicyclic) bond motifs is 1. The van der Waals surface area contributed by atoms with Gasteiger partial charge in [-0.3, -0.25) is 9.59 Å². The molecule has 0 amide bonds. The van der Waals surface area contributed by atoms with Crippen LogP contribution in [0.3, 0.4) is 0 Å². The zero-order chi connectivity index (χ0) is 18.7. The van der Waals surface area contributed by atoms with Gasteiger partial charge in [0.25, 0.3) is 0 Å². The molecular formula is C20H19ClO5. The Balaban J connectivity index is 1.62. The first kappa shape index (κ1) is 18.3. The average Bonchev–Trinajstić information content (AvgIpc) is 2.66. The molecule has 0 saturated heterocycles. The molecule has 5 nitrogen and oxygen atoms in total. The maximum Gasteiger partial charge on any atom is 0.313 e. The zero-order valence-corrected chi connectivity index (χ0v) is 15.3. The number of carbonyl (C=O) groups excluding carboxylic acids is 2. The smallest absolute Gasteiger partial charge is 0.313 e. The monoisotopic (exact) mass is 374 g/mol. The summed E-state index contributed by atoms with van der Waals surface area (Å²) in [5.41, 5.74) is 1.32. The van der Waals surface area contributed by atoms with E-state index in [1.165, 1.54) is 0 Å². The first-order valence-corrected chi connectivity index (χ1v) is 8.65. The summed E-state index contributed by atoms with van der Waals surface area (Å²) in [6, 6.07) is 12.0. The van der Waals surface area contributed by atoms with E-state index in [1.807, 2.05) is 0 Å². The molecule has 2 aromatic carbocycles. The van der Waals surface area contributed by atoms with Gasteiger partial charge in [0.05, 0.1) is 13.0 Å². The Morgan fingerprint density at radius 1 is 1.19 bits per heavy atom. The number of ether oxygens (including phenoxy) is 3. The number of halogens is 1. The number of rotatable bonds is 5. The van der Waals surface area contributed by atoms with Gasteiger partial charge >= 0.3 is 5.97 Å². The molecule has 136 valence electrons. The van der Waals surface area contributed by atoms with E-state index in [2.05, 4.69) is 0 Å². The van der Waals surface area contributed by atoms with Crippen LogP contribution in [0.1, 0.15) is 22.8 Å². The minimum absolute atomic E-state index is 0.219. The normalized spacial score (nSPS) is 16.8. The van der Waals surface area contributed by atoms with Crippen molar-refractivity contribution in [3.63, 3.8) is 0 Å². The molecule has 0 N–H and O–H groups in total. The molecule has 1 aliphatic rings. The fourth-order valence-corrected chi connectivity index (χ4v) is 3.02. The molecule has 6 heteroatoms. The van der Waals surface area contributed by atoms with Gasteiger partial charge in [-0.1, -0.05) is 11.6 Å². The molecule has 2 atom stereocenters. The van der Waals surface area contributed by atoms with Crippen LogP contribution in [0.25, 0.3) is 0 Å². The second-order valence-corrected chi connectivity index (χ2v) is 6.57. The number of methoxy groups -OCH3 is 1. The number of esters is 1. The lowest BCUT2D eigenvalue weighted by Crippen LogP contribution is -2.34. The minimum atomic E-state index is -0.878. The molecule has 0 saturated carbocycles. The Morgan fingerprint density at radius 2 is 1.92 bits per heavy atom. The van der Waals surface area contributed by atoms with Crippen LogP contribution >= 0.6 is 11.6 Å². The zero-order valence-electron chi connectivity index (χ0n) is 14.5. The van der Waals surface area contributed by atoms with Crippen LogP contribution in [-0.4, -0.2) is 31.6 Å². The largest absolute Gasteiger partial charge is 0.497 e. The van der Waals surface area contributed by atoms with Crippen LogP contribution in [0, 0.1) is 5.92 Å². The topological polar surface area (TPSA) is 61.8 Å². The van der Waals surface area contributed by atoms with Gasteiger partial charge in [0.15, 0.2) is 6.10 Å². The second-order valence-electron chi connectivity index (χ2n) is 6.14. The van der Waals surface area contributed by atoms with Gasteiger partial charge in [-0.15, -0.1) is 0 Å². The van der Waals surface area contributed by atoms with Crippen LogP contribution in [-0.2, 0) is 16.0 Å². The van der Waals surface area contributed by atoms with E-state index >= 15 is 0 Å². The molecular weight excluding hydrogens is 356 g/mol. The van der Waals surface area contributed by atoms with Crippen LogP contribution in [0.15, 0.2) is 42.5 Å². The minimum Gasteiger partial charge on any atom is -0.497 e. The number of ketones is 1. The Labute approximate surface area is 156 Å². The van der Waals surface area contributed by atoms with Gasteiger partial charge < -0.3 is 14.2 Å². The van der Waals surface area contributed by atoms with Crippen molar-refractivity contribution in [3.05, 3.63) is 58.6 Å². The Morgan fingerprint density at radius 3 is 2.62 bits per heavy atom. The average molecular weight is 375 g/mol. The predicted octanol–water partition coefficient (Wildman–Crippen LogP) is 3.71. The quantitative estimate of drug-likeness (QED) is 0.589. The standard InChI is InChI=1S/C20H19ClO5/c1-12(19(22)13-3-6-17(24-2)7-4-13)26-20(23)15-9-14-10-16(21)5-8-18(14)25-11-15/h3-8,10,12,15H,9,11H2,1-2H3/t12-,15+/m1/s1. The van der Waals surface area contributed by atoms with Gasteiger partial charge in [0.2, 0.25) is 5.78 Å². The van der Waals surface area contributed by atoms with Gasteiger partial charge in [-0.25, -0.2) is 0 Å². The fraction of sp³-hybridized carbons (Fsp3) is 0.300. The van der Waals surface area contributed by atoms with Crippen molar-refractivity contribution in [1.82, 2.24) is 0 Å². The van der Waals surface area contributed by atoms with E-state index in [1.54, 1.807) is 56.5 Å². The van der Waals surface area contributed by atoms with E-state index in [9.17, 15) is 9.59 Å². The summed E-state index contributed by atoms with van der Waals surface area (Å²) >= 11 is 5.99. The fourth-order valence-electron chi connectivity index (χ4n) is 2.83. The van der Waals surface area contributed by atoms with Crippen molar-refractivity contribution in [2.45, 2.75) is 19.4 Å². The van der Waals surface area contributed by atoms with E-state index < -0.39 is 18.0 Å². The summed E-state index contributed by atoms with van der Waals surface area (Å²) < 4.78 is 16.1. The predicted molar refractivity (Wildman–Crippen MR) is 97.0 cm³/mol. The van der Waals surface area contributed by atoms with E-state index in [0.29, 0.717) is 22.8 Å². The van der Waals surface area contributed by atoms with Crippen LogP contribution in [0.2, 0.25) is 5.02 Å². The Bertz CT molecular complexity index is 815. The maximum atomic E-state index is 12.4. The number of hydrogen-bond donors (Lipinski definition) is 0. The number of carbonyl (C=O) groups is 2. The van der Waals surface area contributed by atoms with E-state index in [-0.39, 0.29) is 12.4 Å². The van der Waals surface area contributed by atoms with Crippen molar-refractivity contribution in [2.24, 2.45) is 5.92 Å². The molecule has 0 fully saturated rings.